The fourth-order valence-corrected chi connectivity index (χ4v) is 1.98. The topological polar surface area (TPSA) is 60.2 Å². The van der Waals surface area contributed by atoms with Gasteiger partial charge < -0.3 is 0 Å². The van der Waals surface area contributed by atoms with Crippen LogP contribution < -0.4 is 0 Å². The minimum absolute atomic E-state index is 0.0550. The van der Waals surface area contributed by atoms with Crippen molar-refractivity contribution >= 4 is 34.1 Å². The van der Waals surface area contributed by atoms with E-state index in [0.29, 0.717) is 14.7 Å². The number of carbonyl (C=O) groups excluding carboxylic acids is 1. The van der Waals surface area contributed by atoms with Crippen molar-refractivity contribution in [1.29, 1.82) is 0 Å². The number of halogens is 1. The van der Waals surface area contributed by atoms with Gasteiger partial charge in [-0.15, -0.1) is 0 Å². The van der Waals surface area contributed by atoms with Gasteiger partial charge in [0.25, 0.3) is 5.69 Å². The highest BCUT2D eigenvalue weighted by Crippen LogP contribution is 2.26. The molecule has 0 bridgehead atoms. The summed E-state index contributed by atoms with van der Waals surface area (Å²) in [6, 6.07) is 2.86. The second-order valence-electron chi connectivity index (χ2n) is 2.88. The van der Waals surface area contributed by atoms with E-state index in [1.807, 2.05) is 22.6 Å². The minimum Gasteiger partial charge on any atom is -0.294 e. The first kappa shape index (κ1) is 11.1. The molecule has 5 heteroatoms. The zero-order valence-corrected chi connectivity index (χ0v) is 9.86. The molecule has 0 radical (unpaired) electrons. The lowest BCUT2D eigenvalue weighted by Crippen LogP contribution is -2.01. The largest absolute Gasteiger partial charge is 0.294 e. The van der Waals surface area contributed by atoms with E-state index in [4.69, 9.17) is 0 Å². The van der Waals surface area contributed by atoms with E-state index >= 15 is 0 Å². The van der Waals surface area contributed by atoms with E-state index in [1.54, 1.807) is 6.92 Å². The lowest BCUT2D eigenvalue weighted by Gasteiger charge is -2.04. The van der Waals surface area contributed by atoms with Gasteiger partial charge in [-0.3, -0.25) is 14.9 Å². The van der Waals surface area contributed by atoms with Gasteiger partial charge in [-0.1, -0.05) is 0 Å². The van der Waals surface area contributed by atoms with Crippen LogP contribution in [-0.2, 0) is 0 Å². The summed E-state index contributed by atoms with van der Waals surface area (Å²) in [5.41, 5.74) is 1.14. The number of nitro groups is 1. The Bertz CT molecular complexity index is 376. The van der Waals surface area contributed by atoms with Gasteiger partial charge in [0.1, 0.15) is 0 Å². The SMILES string of the molecule is CC(=O)c1ccc([N+](=O)[O-])c(C)c1I. The number of nitro benzene ring substituents is 1. The smallest absolute Gasteiger partial charge is 0.273 e. The standard InChI is InChI=1S/C9H8INO3/c1-5-8(11(13)14)4-3-7(6(2)12)9(5)10/h3-4H,1-2H3. The molecule has 0 spiro atoms. The summed E-state index contributed by atoms with van der Waals surface area (Å²) in [4.78, 5) is 21.3. The zero-order valence-electron chi connectivity index (χ0n) is 7.70. The van der Waals surface area contributed by atoms with Crippen molar-refractivity contribution in [1.82, 2.24) is 0 Å². The van der Waals surface area contributed by atoms with Crippen LogP contribution in [-0.4, -0.2) is 10.7 Å². The van der Waals surface area contributed by atoms with Gasteiger partial charge in [-0.25, -0.2) is 0 Å². The van der Waals surface area contributed by atoms with Crippen LogP contribution in [0.1, 0.15) is 22.8 Å². The molecule has 0 amide bonds. The molecule has 0 N–H and O–H groups in total. The number of rotatable bonds is 2. The van der Waals surface area contributed by atoms with Crippen LogP contribution in [0.25, 0.3) is 0 Å². The first-order chi connectivity index (χ1) is 6.45. The Kier molecular flexibility index (Phi) is 3.20. The minimum atomic E-state index is -0.443. The third kappa shape index (κ3) is 1.92. The van der Waals surface area contributed by atoms with Crippen LogP contribution in [0.5, 0.6) is 0 Å². The van der Waals surface area contributed by atoms with Crippen molar-refractivity contribution in [2.45, 2.75) is 13.8 Å². The highest BCUT2D eigenvalue weighted by Gasteiger charge is 2.17. The van der Waals surface area contributed by atoms with Crippen LogP contribution in [0.3, 0.4) is 0 Å². The first-order valence-electron chi connectivity index (χ1n) is 3.89. The molecule has 0 heterocycles. The second-order valence-corrected chi connectivity index (χ2v) is 3.96. The van der Waals surface area contributed by atoms with Crippen LogP contribution in [0.4, 0.5) is 5.69 Å². The average molecular weight is 305 g/mol. The lowest BCUT2D eigenvalue weighted by atomic mass is 10.1. The molecular weight excluding hydrogens is 297 g/mol. The molecule has 0 aliphatic carbocycles. The second kappa shape index (κ2) is 4.04. The zero-order chi connectivity index (χ0) is 10.9. The van der Waals surface area contributed by atoms with Crippen molar-refractivity contribution in [3.8, 4) is 0 Å². The van der Waals surface area contributed by atoms with E-state index in [-0.39, 0.29) is 11.5 Å². The summed E-state index contributed by atoms with van der Waals surface area (Å²) in [5.74, 6) is -0.0765. The Hall–Kier alpha value is -0.980. The molecule has 0 saturated heterocycles. The highest BCUT2D eigenvalue weighted by molar-refractivity contribution is 14.1. The van der Waals surface area contributed by atoms with Crippen molar-refractivity contribution in [2.24, 2.45) is 0 Å². The Morgan fingerprint density at radius 3 is 2.50 bits per heavy atom. The summed E-state index contributed by atoms with van der Waals surface area (Å²) in [6.45, 7) is 3.09. The van der Waals surface area contributed by atoms with E-state index in [0.717, 1.165) is 0 Å². The van der Waals surface area contributed by atoms with Crippen molar-refractivity contribution in [3.05, 3.63) is 36.9 Å². The molecule has 74 valence electrons. The Morgan fingerprint density at radius 1 is 1.50 bits per heavy atom. The summed E-state index contributed by atoms with van der Waals surface area (Å²) in [5, 5.41) is 10.6. The molecule has 0 aromatic heterocycles. The van der Waals surface area contributed by atoms with E-state index < -0.39 is 4.92 Å². The number of ketones is 1. The first-order valence-corrected chi connectivity index (χ1v) is 4.97. The van der Waals surface area contributed by atoms with Crippen molar-refractivity contribution < 1.29 is 9.72 Å². The Labute approximate surface area is 94.6 Å². The van der Waals surface area contributed by atoms with E-state index in [2.05, 4.69) is 0 Å². The van der Waals surface area contributed by atoms with Crippen molar-refractivity contribution in [3.63, 3.8) is 0 Å². The third-order valence-corrected chi connectivity index (χ3v) is 3.32. The Balaban J connectivity index is 3.41. The molecule has 0 saturated carbocycles. The predicted octanol–water partition coefficient (Wildman–Crippen LogP) is 2.71. The van der Waals surface area contributed by atoms with Gasteiger partial charge in [0.2, 0.25) is 0 Å². The summed E-state index contributed by atoms with van der Waals surface area (Å²) in [6.07, 6.45) is 0. The van der Waals surface area contributed by atoms with E-state index in [1.165, 1.54) is 19.1 Å². The van der Waals surface area contributed by atoms with Gasteiger partial charge in [0, 0.05) is 20.8 Å². The van der Waals surface area contributed by atoms with Gasteiger partial charge >= 0.3 is 0 Å². The maximum Gasteiger partial charge on any atom is 0.273 e. The van der Waals surface area contributed by atoms with Gasteiger partial charge in [-0.2, -0.15) is 0 Å². The molecule has 0 aliphatic heterocycles. The molecule has 14 heavy (non-hydrogen) atoms. The fourth-order valence-electron chi connectivity index (χ4n) is 1.14. The van der Waals surface area contributed by atoms with Gasteiger partial charge in [0.05, 0.1) is 4.92 Å². The van der Waals surface area contributed by atoms with Crippen LogP contribution >= 0.6 is 22.6 Å². The summed E-state index contributed by atoms with van der Waals surface area (Å²) < 4.78 is 0.657. The highest BCUT2D eigenvalue weighted by atomic mass is 127. The molecule has 4 nitrogen and oxygen atoms in total. The molecular formula is C9H8INO3. The fraction of sp³-hybridized carbons (Fsp3) is 0.222. The molecule has 0 aliphatic rings. The molecule has 1 aromatic rings. The number of hydrogen-bond donors (Lipinski definition) is 0. The quantitative estimate of drug-likeness (QED) is 0.365. The van der Waals surface area contributed by atoms with Crippen LogP contribution in [0, 0.1) is 20.6 Å². The number of Topliss-reactive ketones (excluding diaryl/α,β-unsaturated/α-hetero) is 1. The molecule has 1 rings (SSSR count). The number of hydrogen-bond acceptors (Lipinski definition) is 3. The number of nitrogens with zero attached hydrogens (tertiary/aromatic N) is 1. The van der Waals surface area contributed by atoms with Gasteiger partial charge in [-0.05, 0) is 42.5 Å². The Morgan fingerprint density at radius 2 is 2.07 bits per heavy atom. The average Bonchev–Trinajstić information content (AvgIpc) is 2.08. The van der Waals surface area contributed by atoms with Crippen LogP contribution in [0.15, 0.2) is 12.1 Å². The summed E-state index contributed by atoms with van der Waals surface area (Å²) >= 11 is 1.95. The normalized spacial score (nSPS) is 9.93. The maximum atomic E-state index is 11.1. The molecule has 0 fully saturated rings. The molecule has 0 atom stereocenters. The van der Waals surface area contributed by atoms with E-state index in [9.17, 15) is 14.9 Å². The van der Waals surface area contributed by atoms with Crippen molar-refractivity contribution in [2.75, 3.05) is 0 Å². The molecule has 0 unspecified atom stereocenters. The van der Waals surface area contributed by atoms with Gasteiger partial charge in [0.15, 0.2) is 5.78 Å². The number of carbonyl (C=O) groups is 1. The van der Waals surface area contributed by atoms with Crippen LogP contribution in [0.2, 0.25) is 0 Å². The monoisotopic (exact) mass is 305 g/mol. The summed E-state index contributed by atoms with van der Waals surface area (Å²) in [7, 11) is 0. The lowest BCUT2D eigenvalue weighted by molar-refractivity contribution is -0.385. The molecule has 1 aromatic carbocycles. The third-order valence-electron chi connectivity index (χ3n) is 1.93. The predicted molar refractivity (Wildman–Crippen MR) is 60.6 cm³/mol. The maximum absolute atomic E-state index is 11.1. The number of benzene rings is 1.